The van der Waals surface area contributed by atoms with E-state index in [4.69, 9.17) is 4.74 Å². The first kappa shape index (κ1) is 18.4. The molecule has 0 atom stereocenters. The number of aromatic nitrogens is 1. The summed E-state index contributed by atoms with van der Waals surface area (Å²) in [6.07, 6.45) is 1.79. The molecule has 0 aliphatic rings. The van der Waals surface area contributed by atoms with Crippen LogP contribution in [0.5, 0.6) is 5.75 Å². The number of benzene rings is 2. The van der Waals surface area contributed by atoms with E-state index in [1.165, 1.54) is 12.1 Å². The van der Waals surface area contributed by atoms with Crippen LogP contribution in [0.4, 0.5) is 11.4 Å². The Hall–Kier alpha value is -3.41. The van der Waals surface area contributed by atoms with Gasteiger partial charge in [0.05, 0.1) is 17.2 Å². The first-order valence-electron chi connectivity index (χ1n) is 8.70. The normalized spacial score (nSPS) is 11.1. The van der Waals surface area contributed by atoms with Gasteiger partial charge in [-0.15, -0.1) is 0 Å². The average Bonchev–Trinajstić information content (AvgIpc) is 2.95. The number of nitrogens with zero attached hydrogens (tertiary/aromatic N) is 3. The number of non-ortho nitro benzene ring substituents is 1. The Morgan fingerprint density at radius 3 is 2.37 bits per heavy atom. The van der Waals surface area contributed by atoms with Crippen molar-refractivity contribution in [2.45, 2.75) is 20.8 Å². The highest BCUT2D eigenvalue weighted by molar-refractivity contribution is 5.84. The minimum Gasteiger partial charge on any atom is -0.494 e. The summed E-state index contributed by atoms with van der Waals surface area (Å²) < 4.78 is 7.66. The second-order valence-corrected chi connectivity index (χ2v) is 6.12. The van der Waals surface area contributed by atoms with Gasteiger partial charge in [0.25, 0.3) is 5.69 Å². The summed E-state index contributed by atoms with van der Waals surface area (Å²) in [4.78, 5) is 14.7. The third-order valence-electron chi connectivity index (χ3n) is 4.29. The van der Waals surface area contributed by atoms with Crippen LogP contribution in [0.15, 0.2) is 59.6 Å². The molecule has 2 aromatic carbocycles. The van der Waals surface area contributed by atoms with Crippen LogP contribution in [0.3, 0.4) is 0 Å². The molecule has 0 fully saturated rings. The Bertz CT molecular complexity index is 971. The van der Waals surface area contributed by atoms with Crippen molar-refractivity contribution < 1.29 is 9.66 Å². The first-order chi connectivity index (χ1) is 13.0. The number of nitro benzene ring substituents is 1. The van der Waals surface area contributed by atoms with Gasteiger partial charge in [-0.1, -0.05) is 0 Å². The minimum atomic E-state index is -0.419. The van der Waals surface area contributed by atoms with Crippen LogP contribution >= 0.6 is 0 Å². The van der Waals surface area contributed by atoms with E-state index in [0.29, 0.717) is 12.3 Å². The molecule has 0 saturated heterocycles. The molecule has 6 heteroatoms. The number of hydrogen-bond donors (Lipinski definition) is 0. The van der Waals surface area contributed by atoms with Crippen LogP contribution < -0.4 is 4.74 Å². The van der Waals surface area contributed by atoms with E-state index in [9.17, 15) is 10.1 Å². The molecule has 0 aliphatic carbocycles. The van der Waals surface area contributed by atoms with Gasteiger partial charge in [-0.3, -0.25) is 15.1 Å². The molecule has 6 nitrogen and oxygen atoms in total. The number of hydrogen-bond acceptors (Lipinski definition) is 4. The molecule has 0 bridgehead atoms. The lowest BCUT2D eigenvalue weighted by atomic mass is 10.2. The Kier molecular flexibility index (Phi) is 5.35. The summed E-state index contributed by atoms with van der Waals surface area (Å²) in [5.41, 5.74) is 4.96. The molecule has 27 heavy (non-hydrogen) atoms. The average molecular weight is 363 g/mol. The Balaban J connectivity index is 1.85. The highest BCUT2D eigenvalue weighted by atomic mass is 16.6. The maximum atomic E-state index is 10.7. The molecule has 0 saturated carbocycles. The lowest BCUT2D eigenvalue weighted by Crippen LogP contribution is -2.00. The van der Waals surface area contributed by atoms with Crippen molar-refractivity contribution in [2.24, 2.45) is 4.99 Å². The number of nitro groups is 1. The monoisotopic (exact) mass is 363 g/mol. The molecule has 0 spiro atoms. The lowest BCUT2D eigenvalue weighted by molar-refractivity contribution is -0.384. The van der Waals surface area contributed by atoms with Crippen LogP contribution in [0.1, 0.15) is 23.9 Å². The fraction of sp³-hybridized carbons (Fsp3) is 0.190. The summed E-state index contributed by atoms with van der Waals surface area (Å²) in [6, 6.07) is 16.2. The van der Waals surface area contributed by atoms with Crippen molar-refractivity contribution in [1.82, 2.24) is 4.57 Å². The number of ether oxygens (including phenoxy) is 1. The summed E-state index contributed by atoms with van der Waals surface area (Å²) >= 11 is 0. The Morgan fingerprint density at radius 2 is 1.78 bits per heavy atom. The van der Waals surface area contributed by atoms with Crippen molar-refractivity contribution in [3.8, 4) is 11.4 Å². The lowest BCUT2D eigenvalue weighted by Gasteiger charge is -2.10. The fourth-order valence-electron chi connectivity index (χ4n) is 2.98. The van der Waals surface area contributed by atoms with Gasteiger partial charge >= 0.3 is 0 Å². The standard InChI is InChI=1S/C21H21N3O3/c1-4-27-21-11-9-19(10-12-21)23-15(2)13-17(16(23)3)14-22-18-5-7-20(8-6-18)24(25)26/h5-14H,4H2,1-3H3. The summed E-state index contributed by atoms with van der Waals surface area (Å²) in [5.74, 6) is 0.851. The van der Waals surface area contributed by atoms with E-state index in [0.717, 1.165) is 28.4 Å². The van der Waals surface area contributed by atoms with Gasteiger partial charge in [0.1, 0.15) is 5.75 Å². The van der Waals surface area contributed by atoms with Crippen LogP contribution in [-0.4, -0.2) is 22.3 Å². The van der Waals surface area contributed by atoms with Gasteiger partial charge in [-0.05, 0) is 63.2 Å². The summed E-state index contributed by atoms with van der Waals surface area (Å²) in [6.45, 7) is 6.70. The second kappa shape index (κ2) is 7.86. The maximum absolute atomic E-state index is 10.7. The van der Waals surface area contributed by atoms with E-state index >= 15 is 0 Å². The van der Waals surface area contributed by atoms with Gasteiger partial charge in [0.2, 0.25) is 0 Å². The van der Waals surface area contributed by atoms with E-state index < -0.39 is 4.92 Å². The predicted molar refractivity (Wildman–Crippen MR) is 107 cm³/mol. The Morgan fingerprint density at radius 1 is 1.11 bits per heavy atom. The molecule has 0 amide bonds. The quantitative estimate of drug-likeness (QED) is 0.345. The fourth-order valence-corrected chi connectivity index (χ4v) is 2.98. The zero-order valence-corrected chi connectivity index (χ0v) is 15.5. The molecular weight excluding hydrogens is 342 g/mol. The van der Waals surface area contributed by atoms with Crippen molar-refractivity contribution >= 4 is 17.6 Å². The van der Waals surface area contributed by atoms with Gasteiger partial charge in [0.15, 0.2) is 0 Å². The SMILES string of the molecule is CCOc1ccc(-n2c(C)cc(C=Nc3ccc([N+](=O)[O-])cc3)c2C)cc1. The molecule has 3 rings (SSSR count). The molecule has 1 aromatic heterocycles. The third-order valence-corrected chi connectivity index (χ3v) is 4.29. The highest BCUT2D eigenvalue weighted by Crippen LogP contribution is 2.23. The van der Waals surface area contributed by atoms with Gasteiger partial charge in [-0.25, -0.2) is 0 Å². The number of aryl methyl sites for hydroxylation is 1. The summed E-state index contributed by atoms with van der Waals surface area (Å²) in [7, 11) is 0. The molecule has 138 valence electrons. The van der Waals surface area contributed by atoms with Crippen LogP contribution in [0.2, 0.25) is 0 Å². The third kappa shape index (κ3) is 4.06. The molecule has 0 aliphatic heterocycles. The molecule has 0 radical (unpaired) electrons. The summed E-state index contributed by atoms with van der Waals surface area (Å²) in [5, 5.41) is 10.7. The molecule has 0 N–H and O–H groups in total. The minimum absolute atomic E-state index is 0.0580. The van der Waals surface area contributed by atoms with Crippen LogP contribution in [0, 0.1) is 24.0 Å². The first-order valence-corrected chi connectivity index (χ1v) is 8.70. The predicted octanol–water partition coefficient (Wildman–Crippen LogP) is 5.15. The van der Waals surface area contributed by atoms with E-state index in [-0.39, 0.29) is 5.69 Å². The van der Waals surface area contributed by atoms with Crippen molar-refractivity contribution in [3.05, 3.63) is 81.7 Å². The largest absolute Gasteiger partial charge is 0.494 e. The van der Waals surface area contributed by atoms with Crippen molar-refractivity contribution in [3.63, 3.8) is 0 Å². The second-order valence-electron chi connectivity index (χ2n) is 6.12. The van der Waals surface area contributed by atoms with Gasteiger partial charge in [-0.2, -0.15) is 0 Å². The van der Waals surface area contributed by atoms with Crippen molar-refractivity contribution in [1.29, 1.82) is 0 Å². The van der Waals surface area contributed by atoms with E-state index in [2.05, 4.69) is 15.6 Å². The van der Waals surface area contributed by atoms with Crippen LogP contribution in [0.25, 0.3) is 5.69 Å². The Labute approximate surface area is 157 Å². The molecule has 1 heterocycles. The van der Waals surface area contributed by atoms with Crippen LogP contribution in [-0.2, 0) is 0 Å². The van der Waals surface area contributed by atoms with E-state index in [1.807, 2.05) is 45.0 Å². The number of aliphatic imine (C=N–C) groups is 1. The zero-order chi connectivity index (χ0) is 19.4. The number of rotatable bonds is 6. The molecular formula is C21H21N3O3. The maximum Gasteiger partial charge on any atom is 0.269 e. The smallest absolute Gasteiger partial charge is 0.269 e. The highest BCUT2D eigenvalue weighted by Gasteiger charge is 2.10. The zero-order valence-electron chi connectivity index (χ0n) is 15.5. The molecule has 0 unspecified atom stereocenters. The van der Waals surface area contributed by atoms with E-state index in [1.54, 1.807) is 18.3 Å². The van der Waals surface area contributed by atoms with Gasteiger partial charge < -0.3 is 9.30 Å². The van der Waals surface area contributed by atoms with Gasteiger partial charge in [0, 0.05) is 41.0 Å². The topological polar surface area (TPSA) is 69.7 Å². The van der Waals surface area contributed by atoms with Crippen molar-refractivity contribution in [2.75, 3.05) is 6.61 Å². The molecule has 3 aromatic rings.